The number of aromatic amines is 1. The molecule has 3 N–H and O–H groups in total. The van der Waals surface area contributed by atoms with Crippen LogP contribution in [0.4, 0.5) is 4.39 Å². The molecule has 21 heavy (non-hydrogen) atoms. The SMILES string of the molecule is CN=C(NCCSC)NCCc1c[nH]c2ccc(F)cc12. The van der Waals surface area contributed by atoms with Crippen LogP contribution in [0.5, 0.6) is 0 Å². The maximum atomic E-state index is 13.3. The second kappa shape index (κ2) is 7.93. The summed E-state index contributed by atoms with van der Waals surface area (Å²) in [6, 6.07) is 4.82. The first-order valence-corrected chi connectivity index (χ1v) is 8.33. The molecule has 0 aliphatic rings. The second-order valence-electron chi connectivity index (χ2n) is 4.67. The van der Waals surface area contributed by atoms with E-state index in [2.05, 4.69) is 26.9 Å². The molecule has 0 fully saturated rings. The minimum atomic E-state index is -0.203. The molecule has 2 aromatic rings. The van der Waals surface area contributed by atoms with Crippen molar-refractivity contribution in [3.05, 3.63) is 35.8 Å². The van der Waals surface area contributed by atoms with E-state index in [9.17, 15) is 4.39 Å². The molecular formula is C15H21FN4S. The van der Waals surface area contributed by atoms with Crippen LogP contribution in [-0.2, 0) is 6.42 Å². The van der Waals surface area contributed by atoms with Crippen molar-refractivity contribution in [3.63, 3.8) is 0 Å². The molecule has 1 heterocycles. The predicted molar refractivity (Wildman–Crippen MR) is 89.7 cm³/mol. The molecule has 0 saturated heterocycles. The van der Waals surface area contributed by atoms with Crippen LogP contribution in [0.3, 0.4) is 0 Å². The standard InChI is InChI=1S/C15H21FN4S/c1-17-15(19-7-8-21-2)18-6-5-11-10-20-14-4-3-12(16)9-13(11)14/h3-4,9-10,20H,5-8H2,1-2H3,(H2,17,18,19). The molecule has 2 rings (SSSR count). The Morgan fingerprint density at radius 1 is 1.33 bits per heavy atom. The van der Waals surface area contributed by atoms with Crippen molar-refractivity contribution >= 4 is 28.6 Å². The first-order chi connectivity index (χ1) is 10.2. The average molecular weight is 308 g/mol. The lowest BCUT2D eigenvalue weighted by molar-refractivity contribution is 0.629. The number of aromatic nitrogens is 1. The quantitative estimate of drug-likeness (QED) is 0.436. The van der Waals surface area contributed by atoms with Gasteiger partial charge >= 0.3 is 0 Å². The number of hydrogen-bond acceptors (Lipinski definition) is 2. The first-order valence-electron chi connectivity index (χ1n) is 6.93. The van der Waals surface area contributed by atoms with Gasteiger partial charge < -0.3 is 15.6 Å². The Morgan fingerprint density at radius 2 is 2.14 bits per heavy atom. The number of fused-ring (bicyclic) bond motifs is 1. The van der Waals surface area contributed by atoms with E-state index in [-0.39, 0.29) is 5.82 Å². The van der Waals surface area contributed by atoms with Crippen LogP contribution in [0.25, 0.3) is 10.9 Å². The third-order valence-electron chi connectivity index (χ3n) is 3.24. The average Bonchev–Trinajstić information content (AvgIpc) is 2.88. The van der Waals surface area contributed by atoms with Crippen LogP contribution < -0.4 is 10.6 Å². The lowest BCUT2D eigenvalue weighted by atomic mass is 10.1. The van der Waals surface area contributed by atoms with Crippen LogP contribution in [0.1, 0.15) is 5.56 Å². The molecular weight excluding hydrogens is 287 g/mol. The van der Waals surface area contributed by atoms with E-state index in [4.69, 9.17) is 0 Å². The van der Waals surface area contributed by atoms with E-state index in [1.165, 1.54) is 6.07 Å². The summed E-state index contributed by atoms with van der Waals surface area (Å²) in [5.41, 5.74) is 2.07. The number of nitrogens with one attached hydrogen (secondary N) is 3. The number of H-pyrrole nitrogens is 1. The zero-order chi connectivity index (χ0) is 15.1. The molecule has 6 heteroatoms. The normalized spacial score (nSPS) is 11.9. The van der Waals surface area contributed by atoms with Crippen LogP contribution in [0.2, 0.25) is 0 Å². The van der Waals surface area contributed by atoms with Gasteiger partial charge in [-0.1, -0.05) is 0 Å². The van der Waals surface area contributed by atoms with Gasteiger partial charge in [0, 0.05) is 43.0 Å². The molecule has 0 aliphatic carbocycles. The van der Waals surface area contributed by atoms with Gasteiger partial charge in [-0.05, 0) is 36.4 Å². The summed E-state index contributed by atoms with van der Waals surface area (Å²) in [7, 11) is 1.76. The summed E-state index contributed by atoms with van der Waals surface area (Å²) in [5, 5.41) is 7.46. The van der Waals surface area contributed by atoms with Crippen molar-refractivity contribution in [3.8, 4) is 0 Å². The van der Waals surface area contributed by atoms with E-state index in [1.54, 1.807) is 30.9 Å². The van der Waals surface area contributed by atoms with Gasteiger partial charge in [-0.25, -0.2) is 4.39 Å². The van der Waals surface area contributed by atoms with Gasteiger partial charge in [0.05, 0.1) is 0 Å². The summed E-state index contributed by atoms with van der Waals surface area (Å²) in [5.74, 6) is 1.64. The number of thioether (sulfide) groups is 1. The van der Waals surface area contributed by atoms with Crippen molar-refractivity contribution in [2.24, 2.45) is 4.99 Å². The zero-order valence-corrected chi connectivity index (χ0v) is 13.2. The zero-order valence-electron chi connectivity index (χ0n) is 12.4. The Labute approximate surface area is 128 Å². The molecule has 1 aromatic carbocycles. The Balaban J connectivity index is 1.88. The summed E-state index contributed by atoms with van der Waals surface area (Å²) >= 11 is 1.79. The highest BCUT2D eigenvalue weighted by atomic mass is 32.2. The minimum Gasteiger partial charge on any atom is -0.361 e. The monoisotopic (exact) mass is 308 g/mol. The molecule has 0 atom stereocenters. The van der Waals surface area contributed by atoms with E-state index in [1.807, 2.05) is 6.20 Å². The molecule has 0 amide bonds. The molecule has 114 valence electrons. The van der Waals surface area contributed by atoms with Gasteiger partial charge in [0.2, 0.25) is 0 Å². The number of guanidine groups is 1. The fraction of sp³-hybridized carbons (Fsp3) is 0.400. The third-order valence-corrected chi connectivity index (χ3v) is 3.85. The molecule has 0 spiro atoms. The molecule has 0 unspecified atom stereocenters. The van der Waals surface area contributed by atoms with Gasteiger partial charge in [0.15, 0.2) is 5.96 Å². The van der Waals surface area contributed by atoms with Crippen molar-refractivity contribution in [2.75, 3.05) is 32.1 Å². The molecule has 4 nitrogen and oxygen atoms in total. The van der Waals surface area contributed by atoms with E-state index in [0.717, 1.165) is 47.7 Å². The van der Waals surface area contributed by atoms with Crippen molar-refractivity contribution in [2.45, 2.75) is 6.42 Å². The minimum absolute atomic E-state index is 0.203. The highest BCUT2D eigenvalue weighted by molar-refractivity contribution is 7.98. The fourth-order valence-electron chi connectivity index (χ4n) is 2.17. The third kappa shape index (κ3) is 4.39. The molecule has 0 radical (unpaired) electrons. The Hall–Kier alpha value is -1.69. The molecule has 0 bridgehead atoms. The van der Waals surface area contributed by atoms with Crippen molar-refractivity contribution < 1.29 is 4.39 Å². The lowest BCUT2D eigenvalue weighted by Gasteiger charge is -2.11. The highest BCUT2D eigenvalue weighted by Crippen LogP contribution is 2.19. The predicted octanol–water partition coefficient (Wildman–Crippen LogP) is 2.38. The molecule has 0 aliphatic heterocycles. The number of rotatable bonds is 6. The second-order valence-corrected chi connectivity index (χ2v) is 5.66. The summed E-state index contributed by atoms with van der Waals surface area (Å²) in [6.07, 6.45) is 4.83. The highest BCUT2D eigenvalue weighted by Gasteiger charge is 2.05. The summed E-state index contributed by atoms with van der Waals surface area (Å²) in [4.78, 5) is 7.34. The number of benzene rings is 1. The Morgan fingerprint density at radius 3 is 2.90 bits per heavy atom. The van der Waals surface area contributed by atoms with Gasteiger partial charge in [0.25, 0.3) is 0 Å². The van der Waals surface area contributed by atoms with Crippen molar-refractivity contribution in [1.82, 2.24) is 15.6 Å². The largest absolute Gasteiger partial charge is 0.361 e. The van der Waals surface area contributed by atoms with Gasteiger partial charge in [-0.3, -0.25) is 4.99 Å². The maximum Gasteiger partial charge on any atom is 0.191 e. The maximum absolute atomic E-state index is 13.3. The van der Waals surface area contributed by atoms with Crippen LogP contribution in [0, 0.1) is 5.82 Å². The summed E-state index contributed by atoms with van der Waals surface area (Å²) in [6.45, 7) is 1.64. The van der Waals surface area contributed by atoms with Crippen LogP contribution in [0.15, 0.2) is 29.4 Å². The molecule has 1 aromatic heterocycles. The Kier molecular flexibility index (Phi) is 5.92. The fourth-order valence-corrected chi connectivity index (χ4v) is 2.47. The van der Waals surface area contributed by atoms with Crippen LogP contribution >= 0.6 is 11.8 Å². The van der Waals surface area contributed by atoms with Gasteiger partial charge in [-0.2, -0.15) is 11.8 Å². The first kappa shape index (κ1) is 15.7. The number of halogens is 1. The Bertz CT molecular complexity index is 609. The van der Waals surface area contributed by atoms with Crippen molar-refractivity contribution in [1.29, 1.82) is 0 Å². The number of hydrogen-bond donors (Lipinski definition) is 3. The topological polar surface area (TPSA) is 52.2 Å². The van der Waals surface area contributed by atoms with Gasteiger partial charge in [0.1, 0.15) is 5.82 Å². The molecule has 0 saturated carbocycles. The smallest absolute Gasteiger partial charge is 0.191 e. The van der Waals surface area contributed by atoms with E-state index in [0.29, 0.717) is 0 Å². The summed E-state index contributed by atoms with van der Waals surface area (Å²) < 4.78 is 13.3. The lowest BCUT2D eigenvalue weighted by Crippen LogP contribution is -2.39. The number of aliphatic imine (C=N–C) groups is 1. The van der Waals surface area contributed by atoms with Crippen LogP contribution in [-0.4, -0.2) is 43.1 Å². The van der Waals surface area contributed by atoms with E-state index < -0.39 is 0 Å². The van der Waals surface area contributed by atoms with Gasteiger partial charge in [-0.15, -0.1) is 0 Å². The number of nitrogens with zero attached hydrogens (tertiary/aromatic N) is 1. The van der Waals surface area contributed by atoms with E-state index >= 15 is 0 Å².